The summed E-state index contributed by atoms with van der Waals surface area (Å²) >= 11 is 0. The highest BCUT2D eigenvalue weighted by atomic mass is 16.1. The van der Waals surface area contributed by atoms with Crippen LogP contribution in [0.5, 0.6) is 0 Å². The summed E-state index contributed by atoms with van der Waals surface area (Å²) in [7, 11) is 0. The van der Waals surface area contributed by atoms with E-state index >= 15 is 0 Å². The Hall–Kier alpha value is -1.69. The predicted octanol–water partition coefficient (Wildman–Crippen LogP) is 0.577. The van der Waals surface area contributed by atoms with Gasteiger partial charge in [-0.05, 0) is 18.7 Å². The van der Waals surface area contributed by atoms with E-state index in [0.717, 1.165) is 38.5 Å². The molecule has 0 spiro atoms. The fraction of sp³-hybridized carbons (Fsp3) is 0.583. The van der Waals surface area contributed by atoms with E-state index in [0.29, 0.717) is 5.82 Å². The Morgan fingerprint density at radius 2 is 2.00 bits per heavy atom. The quantitative estimate of drug-likeness (QED) is 0.849. The maximum atomic E-state index is 10.9. The molecule has 1 aliphatic rings. The standard InChI is InChI=1S/C12H19N5O/c1-3-16-6-8-17(9-7-16)12-5-4-11(14-15-12)13-10(2)18/h4-5H,3,6-9H2,1-2H3,(H,13,14,18). The van der Waals surface area contributed by atoms with E-state index in [-0.39, 0.29) is 5.91 Å². The molecule has 1 fully saturated rings. The summed E-state index contributed by atoms with van der Waals surface area (Å²) in [6, 6.07) is 3.69. The van der Waals surface area contributed by atoms with Crippen molar-refractivity contribution >= 4 is 17.5 Å². The first-order valence-corrected chi connectivity index (χ1v) is 6.27. The summed E-state index contributed by atoms with van der Waals surface area (Å²) in [5, 5.41) is 10.8. The topological polar surface area (TPSA) is 61.4 Å². The first kappa shape index (κ1) is 12.8. The lowest BCUT2D eigenvalue weighted by Crippen LogP contribution is -2.46. The zero-order valence-electron chi connectivity index (χ0n) is 10.9. The van der Waals surface area contributed by atoms with Crippen LogP contribution >= 0.6 is 0 Å². The third-order valence-electron chi connectivity index (χ3n) is 3.10. The lowest BCUT2D eigenvalue weighted by molar-refractivity contribution is -0.114. The van der Waals surface area contributed by atoms with Gasteiger partial charge in [-0.3, -0.25) is 4.79 Å². The highest BCUT2D eigenvalue weighted by molar-refractivity contribution is 5.87. The molecule has 6 nitrogen and oxygen atoms in total. The highest BCUT2D eigenvalue weighted by Crippen LogP contribution is 2.13. The van der Waals surface area contributed by atoms with Crippen LogP contribution in [0.2, 0.25) is 0 Å². The fourth-order valence-corrected chi connectivity index (χ4v) is 2.03. The van der Waals surface area contributed by atoms with Crippen molar-refractivity contribution < 1.29 is 4.79 Å². The number of likely N-dealkylation sites (N-methyl/N-ethyl adjacent to an activating group) is 1. The van der Waals surface area contributed by atoms with Gasteiger partial charge in [0.25, 0.3) is 0 Å². The Morgan fingerprint density at radius 3 is 2.50 bits per heavy atom. The first-order chi connectivity index (χ1) is 8.69. The number of rotatable bonds is 3. The zero-order chi connectivity index (χ0) is 13.0. The average molecular weight is 249 g/mol. The van der Waals surface area contributed by atoms with Crippen LogP contribution in [0.15, 0.2) is 12.1 Å². The summed E-state index contributed by atoms with van der Waals surface area (Å²) in [6.45, 7) is 8.81. The van der Waals surface area contributed by atoms with Crippen LogP contribution in [-0.2, 0) is 4.79 Å². The SMILES string of the molecule is CCN1CCN(c2ccc(NC(C)=O)nn2)CC1. The molecule has 0 atom stereocenters. The third-order valence-corrected chi connectivity index (χ3v) is 3.10. The number of aromatic nitrogens is 2. The van der Waals surface area contributed by atoms with Crippen LogP contribution in [0, 0.1) is 0 Å². The number of nitrogens with zero attached hydrogens (tertiary/aromatic N) is 4. The smallest absolute Gasteiger partial charge is 0.222 e. The van der Waals surface area contributed by atoms with E-state index in [1.807, 2.05) is 6.07 Å². The van der Waals surface area contributed by atoms with Crippen LogP contribution in [-0.4, -0.2) is 53.7 Å². The van der Waals surface area contributed by atoms with E-state index in [9.17, 15) is 4.79 Å². The van der Waals surface area contributed by atoms with E-state index in [2.05, 4.69) is 32.2 Å². The maximum Gasteiger partial charge on any atom is 0.222 e. The molecule has 1 saturated heterocycles. The molecule has 18 heavy (non-hydrogen) atoms. The molecule has 1 aromatic heterocycles. The minimum absolute atomic E-state index is 0.131. The van der Waals surface area contributed by atoms with Crippen molar-refractivity contribution in [1.29, 1.82) is 0 Å². The number of anilines is 2. The number of hydrogen-bond donors (Lipinski definition) is 1. The van der Waals surface area contributed by atoms with Gasteiger partial charge in [-0.15, -0.1) is 10.2 Å². The van der Waals surface area contributed by atoms with Crippen molar-refractivity contribution in [3.63, 3.8) is 0 Å². The summed E-state index contributed by atoms with van der Waals surface area (Å²) in [5.74, 6) is 1.24. The molecular weight excluding hydrogens is 230 g/mol. The molecule has 0 unspecified atom stereocenters. The van der Waals surface area contributed by atoms with Gasteiger partial charge in [-0.2, -0.15) is 0 Å². The third kappa shape index (κ3) is 3.16. The second-order valence-electron chi connectivity index (χ2n) is 4.38. The van der Waals surface area contributed by atoms with Gasteiger partial charge in [0.15, 0.2) is 11.6 Å². The van der Waals surface area contributed by atoms with Gasteiger partial charge in [-0.25, -0.2) is 0 Å². The Bertz CT molecular complexity index is 397. The number of piperazine rings is 1. The molecule has 2 heterocycles. The van der Waals surface area contributed by atoms with Gasteiger partial charge >= 0.3 is 0 Å². The van der Waals surface area contributed by atoms with Gasteiger partial charge in [-0.1, -0.05) is 6.92 Å². The van der Waals surface area contributed by atoms with E-state index in [1.165, 1.54) is 6.92 Å². The second kappa shape index (κ2) is 5.77. The first-order valence-electron chi connectivity index (χ1n) is 6.27. The van der Waals surface area contributed by atoms with Crippen molar-refractivity contribution in [2.24, 2.45) is 0 Å². The molecule has 1 N–H and O–H groups in total. The molecule has 98 valence electrons. The van der Waals surface area contributed by atoms with Gasteiger partial charge in [0.1, 0.15) is 0 Å². The molecule has 0 saturated carbocycles. The molecule has 0 radical (unpaired) electrons. The van der Waals surface area contributed by atoms with Crippen molar-refractivity contribution in [2.75, 3.05) is 42.9 Å². The molecule has 1 amide bonds. The van der Waals surface area contributed by atoms with Gasteiger partial charge in [0, 0.05) is 33.1 Å². The Kier molecular flexibility index (Phi) is 4.09. The van der Waals surface area contributed by atoms with E-state index in [4.69, 9.17) is 0 Å². The van der Waals surface area contributed by atoms with Gasteiger partial charge in [0.2, 0.25) is 5.91 Å². The Labute approximate surface area is 107 Å². The predicted molar refractivity (Wildman–Crippen MR) is 70.7 cm³/mol. The summed E-state index contributed by atoms with van der Waals surface area (Å²) in [6.07, 6.45) is 0. The molecule has 1 aromatic rings. The fourth-order valence-electron chi connectivity index (χ4n) is 2.03. The number of hydrogen-bond acceptors (Lipinski definition) is 5. The number of carbonyl (C=O) groups excluding carboxylic acids is 1. The Balaban J connectivity index is 1.95. The molecular formula is C12H19N5O. The molecule has 6 heteroatoms. The average Bonchev–Trinajstić information content (AvgIpc) is 2.39. The van der Waals surface area contributed by atoms with Crippen LogP contribution in [0.1, 0.15) is 13.8 Å². The summed E-state index contributed by atoms with van der Waals surface area (Å²) in [5.41, 5.74) is 0. The van der Waals surface area contributed by atoms with Crippen molar-refractivity contribution in [2.45, 2.75) is 13.8 Å². The maximum absolute atomic E-state index is 10.9. The van der Waals surface area contributed by atoms with Crippen molar-refractivity contribution in [3.05, 3.63) is 12.1 Å². The molecule has 0 aliphatic carbocycles. The van der Waals surface area contributed by atoms with E-state index in [1.54, 1.807) is 6.07 Å². The minimum Gasteiger partial charge on any atom is -0.353 e. The second-order valence-corrected chi connectivity index (χ2v) is 4.38. The van der Waals surface area contributed by atoms with Gasteiger partial charge in [0.05, 0.1) is 0 Å². The Morgan fingerprint density at radius 1 is 1.28 bits per heavy atom. The molecule has 0 aromatic carbocycles. The largest absolute Gasteiger partial charge is 0.353 e. The van der Waals surface area contributed by atoms with E-state index < -0.39 is 0 Å². The number of nitrogens with one attached hydrogen (secondary N) is 1. The lowest BCUT2D eigenvalue weighted by Gasteiger charge is -2.34. The van der Waals surface area contributed by atoms with Crippen molar-refractivity contribution in [3.8, 4) is 0 Å². The lowest BCUT2D eigenvalue weighted by atomic mass is 10.3. The summed E-state index contributed by atoms with van der Waals surface area (Å²) in [4.78, 5) is 15.5. The van der Waals surface area contributed by atoms with Crippen molar-refractivity contribution in [1.82, 2.24) is 15.1 Å². The van der Waals surface area contributed by atoms with Crippen LogP contribution in [0.3, 0.4) is 0 Å². The normalized spacial score (nSPS) is 16.7. The zero-order valence-corrected chi connectivity index (χ0v) is 10.9. The number of carbonyl (C=O) groups is 1. The molecule has 0 bridgehead atoms. The molecule has 1 aliphatic heterocycles. The van der Waals surface area contributed by atoms with Crippen LogP contribution in [0.25, 0.3) is 0 Å². The molecule has 2 rings (SSSR count). The highest BCUT2D eigenvalue weighted by Gasteiger charge is 2.16. The van der Waals surface area contributed by atoms with Crippen LogP contribution in [0.4, 0.5) is 11.6 Å². The van der Waals surface area contributed by atoms with Crippen LogP contribution < -0.4 is 10.2 Å². The van der Waals surface area contributed by atoms with Gasteiger partial charge < -0.3 is 15.1 Å². The monoisotopic (exact) mass is 249 g/mol. The number of amides is 1. The summed E-state index contributed by atoms with van der Waals surface area (Å²) < 4.78 is 0. The minimum atomic E-state index is -0.131.